The van der Waals surface area contributed by atoms with Crippen molar-refractivity contribution in [3.05, 3.63) is 35.4 Å². The van der Waals surface area contributed by atoms with Crippen LogP contribution in [-0.4, -0.2) is 23.1 Å². The summed E-state index contributed by atoms with van der Waals surface area (Å²) in [6.07, 6.45) is 4.43. The number of urea groups is 1. The van der Waals surface area contributed by atoms with E-state index < -0.39 is 5.97 Å². The van der Waals surface area contributed by atoms with E-state index in [0.717, 1.165) is 18.4 Å². The number of amides is 2. The molecule has 0 heterocycles. The van der Waals surface area contributed by atoms with Crippen molar-refractivity contribution < 1.29 is 14.7 Å². The second-order valence-corrected chi connectivity index (χ2v) is 4.81. The maximum Gasteiger partial charge on any atom is 0.335 e. The number of carbonyl (C=O) groups excluding carboxylic acids is 1. The van der Waals surface area contributed by atoms with Crippen molar-refractivity contribution in [1.82, 2.24) is 10.6 Å². The van der Waals surface area contributed by atoms with Crippen molar-refractivity contribution in [3.8, 4) is 0 Å². The van der Waals surface area contributed by atoms with Gasteiger partial charge in [-0.2, -0.15) is 0 Å². The molecule has 1 aliphatic rings. The first-order valence-electron chi connectivity index (χ1n) is 6.52. The summed E-state index contributed by atoms with van der Waals surface area (Å²) in [4.78, 5) is 22.5. The maximum absolute atomic E-state index is 11.7. The number of carboxylic acid groups (broad SMARTS) is 1. The van der Waals surface area contributed by atoms with Gasteiger partial charge in [0.25, 0.3) is 0 Å². The summed E-state index contributed by atoms with van der Waals surface area (Å²) in [6.45, 7) is 0.333. The van der Waals surface area contributed by atoms with Crippen LogP contribution in [0, 0.1) is 0 Å². The molecule has 2 amide bonds. The van der Waals surface area contributed by atoms with Crippen LogP contribution in [0.15, 0.2) is 24.3 Å². The van der Waals surface area contributed by atoms with Crippen molar-refractivity contribution >= 4 is 12.0 Å². The van der Waals surface area contributed by atoms with Gasteiger partial charge in [-0.25, -0.2) is 9.59 Å². The molecule has 0 unspecified atom stereocenters. The molecule has 1 fully saturated rings. The third kappa shape index (κ3) is 3.98. The molecule has 0 saturated heterocycles. The fourth-order valence-corrected chi connectivity index (χ4v) is 2.30. The van der Waals surface area contributed by atoms with E-state index in [1.165, 1.54) is 18.9 Å². The van der Waals surface area contributed by atoms with E-state index in [4.69, 9.17) is 5.11 Å². The first kappa shape index (κ1) is 13.4. The molecule has 1 saturated carbocycles. The second-order valence-electron chi connectivity index (χ2n) is 4.81. The third-order valence-electron chi connectivity index (χ3n) is 3.32. The summed E-state index contributed by atoms with van der Waals surface area (Å²) in [5.41, 5.74) is 1.01. The molecule has 0 spiro atoms. The van der Waals surface area contributed by atoms with Crippen molar-refractivity contribution in [1.29, 1.82) is 0 Å². The third-order valence-corrected chi connectivity index (χ3v) is 3.32. The Morgan fingerprint density at radius 2 is 2.00 bits per heavy atom. The summed E-state index contributed by atoms with van der Waals surface area (Å²) in [6, 6.07) is 6.67. The van der Waals surface area contributed by atoms with Gasteiger partial charge in [0.15, 0.2) is 0 Å². The van der Waals surface area contributed by atoms with Crippen molar-refractivity contribution in [2.75, 3.05) is 0 Å². The van der Waals surface area contributed by atoms with Crippen molar-refractivity contribution in [2.24, 2.45) is 0 Å². The van der Waals surface area contributed by atoms with Gasteiger partial charge in [-0.15, -0.1) is 0 Å². The van der Waals surface area contributed by atoms with Gasteiger partial charge in [0.2, 0.25) is 0 Å². The summed E-state index contributed by atoms with van der Waals surface area (Å²) in [7, 11) is 0. The van der Waals surface area contributed by atoms with Crippen molar-refractivity contribution in [3.63, 3.8) is 0 Å². The number of hydrogen-bond acceptors (Lipinski definition) is 2. The van der Waals surface area contributed by atoms with Crippen LogP contribution < -0.4 is 10.6 Å². The molecule has 1 aliphatic carbocycles. The lowest BCUT2D eigenvalue weighted by Crippen LogP contribution is -2.40. The second kappa shape index (κ2) is 6.22. The highest BCUT2D eigenvalue weighted by atomic mass is 16.4. The average Bonchev–Trinajstić information content (AvgIpc) is 2.89. The van der Waals surface area contributed by atoms with E-state index in [2.05, 4.69) is 10.6 Å². The molecule has 0 aliphatic heterocycles. The zero-order valence-corrected chi connectivity index (χ0v) is 10.7. The lowest BCUT2D eigenvalue weighted by Gasteiger charge is -2.13. The molecule has 5 nitrogen and oxygen atoms in total. The molecule has 5 heteroatoms. The van der Waals surface area contributed by atoms with E-state index in [1.807, 2.05) is 0 Å². The van der Waals surface area contributed by atoms with Crippen LogP contribution in [0.4, 0.5) is 4.79 Å². The molecule has 1 aromatic rings. The Kier molecular flexibility index (Phi) is 4.39. The Balaban J connectivity index is 1.82. The Bertz CT molecular complexity index is 468. The monoisotopic (exact) mass is 262 g/mol. The van der Waals surface area contributed by atoms with Crippen LogP contribution >= 0.6 is 0 Å². The van der Waals surface area contributed by atoms with E-state index in [0.29, 0.717) is 6.54 Å². The minimum Gasteiger partial charge on any atom is -0.478 e. The minimum absolute atomic E-state index is 0.187. The summed E-state index contributed by atoms with van der Waals surface area (Å²) < 4.78 is 0. The predicted octanol–water partition coefficient (Wildman–Crippen LogP) is 2.13. The highest BCUT2D eigenvalue weighted by Gasteiger charge is 2.16. The molecule has 1 aromatic carbocycles. The molecular weight excluding hydrogens is 244 g/mol. The number of rotatable bonds is 4. The smallest absolute Gasteiger partial charge is 0.335 e. The molecule has 0 radical (unpaired) electrons. The molecule has 2 rings (SSSR count). The van der Waals surface area contributed by atoms with Gasteiger partial charge >= 0.3 is 12.0 Å². The van der Waals surface area contributed by atoms with Gasteiger partial charge in [-0.05, 0) is 30.5 Å². The number of nitrogens with one attached hydrogen (secondary N) is 2. The number of aromatic carboxylic acids is 1. The zero-order chi connectivity index (χ0) is 13.7. The van der Waals surface area contributed by atoms with Gasteiger partial charge in [-0.1, -0.05) is 25.0 Å². The predicted molar refractivity (Wildman–Crippen MR) is 71.0 cm³/mol. The van der Waals surface area contributed by atoms with Gasteiger partial charge in [0.1, 0.15) is 0 Å². The number of benzene rings is 1. The van der Waals surface area contributed by atoms with Crippen LogP contribution in [-0.2, 0) is 6.54 Å². The molecule has 0 aromatic heterocycles. The number of hydrogen-bond donors (Lipinski definition) is 3. The largest absolute Gasteiger partial charge is 0.478 e. The molecule has 0 atom stereocenters. The van der Waals surface area contributed by atoms with Crippen LogP contribution in [0.1, 0.15) is 41.6 Å². The molecule has 0 bridgehead atoms. The fourth-order valence-electron chi connectivity index (χ4n) is 2.30. The Morgan fingerprint density at radius 1 is 1.26 bits per heavy atom. The van der Waals surface area contributed by atoms with E-state index >= 15 is 0 Å². The first-order chi connectivity index (χ1) is 9.15. The maximum atomic E-state index is 11.7. The normalized spacial score (nSPS) is 15.2. The van der Waals surface area contributed by atoms with Gasteiger partial charge in [0.05, 0.1) is 5.56 Å². The van der Waals surface area contributed by atoms with E-state index in [9.17, 15) is 9.59 Å². The highest BCUT2D eigenvalue weighted by molar-refractivity contribution is 5.87. The van der Waals surface area contributed by atoms with Gasteiger partial charge < -0.3 is 15.7 Å². The van der Waals surface area contributed by atoms with E-state index in [-0.39, 0.29) is 17.6 Å². The molecular formula is C14H18N2O3. The van der Waals surface area contributed by atoms with Gasteiger partial charge in [0, 0.05) is 12.6 Å². The Labute approximate surface area is 112 Å². The van der Waals surface area contributed by atoms with Crippen LogP contribution in [0.2, 0.25) is 0 Å². The molecule has 19 heavy (non-hydrogen) atoms. The average molecular weight is 262 g/mol. The quantitative estimate of drug-likeness (QED) is 0.777. The standard InChI is InChI=1S/C14H18N2O3/c17-13(18)11-5-3-4-10(8-11)9-15-14(19)16-12-6-1-2-7-12/h3-5,8,12H,1-2,6-7,9H2,(H,17,18)(H2,15,16,19). The minimum atomic E-state index is -0.961. The van der Waals surface area contributed by atoms with Crippen LogP contribution in [0.25, 0.3) is 0 Å². The summed E-state index contributed by atoms with van der Waals surface area (Å²) in [5, 5.41) is 14.5. The zero-order valence-electron chi connectivity index (χ0n) is 10.7. The highest BCUT2D eigenvalue weighted by Crippen LogP contribution is 2.17. The SMILES string of the molecule is O=C(NCc1cccc(C(=O)O)c1)NC1CCCC1. The van der Waals surface area contributed by atoms with Crippen LogP contribution in [0.3, 0.4) is 0 Å². The number of carbonyl (C=O) groups is 2. The Hall–Kier alpha value is -2.04. The summed E-state index contributed by atoms with van der Waals surface area (Å²) in [5.74, 6) is -0.961. The van der Waals surface area contributed by atoms with Crippen LogP contribution in [0.5, 0.6) is 0 Å². The van der Waals surface area contributed by atoms with Crippen molar-refractivity contribution in [2.45, 2.75) is 38.3 Å². The Morgan fingerprint density at radius 3 is 2.68 bits per heavy atom. The first-order valence-corrected chi connectivity index (χ1v) is 6.52. The fraction of sp³-hybridized carbons (Fsp3) is 0.429. The lowest BCUT2D eigenvalue weighted by molar-refractivity contribution is 0.0696. The van der Waals surface area contributed by atoms with Gasteiger partial charge in [-0.3, -0.25) is 0 Å². The lowest BCUT2D eigenvalue weighted by atomic mass is 10.1. The van der Waals surface area contributed by atoms with E-state index in [1.54, 1.807) is 18.2 Å². The summed E-state index contributed by atoms with van der Waals surface area (Å²) >= 11 is 0. The topological polar surface area (TPSA) is 78.4 Å². The number of carboxylic acids is 1. The molecule has 3 N–H and O–H groups in total. The molecule has 102 valence electrons.